The number of H-pyrrole nitrogens is 2. The molecular weight excluding hydrogens is 367 g/mol. The van der Waals surface area contributed by atoms with Crippen molar-refractivity contribution in [2.24, 2.45) is 0 Å². The minimum Gasteiger partial charge on any atom is -0.483 e. The Balaban J connectivity index is 0.000000188. The van der Waals surface area contributed by atoms with Crippen molar-refractivity contribution in [3.63, 3.8) is 0 Å². The number of hydrogen-bond acceptors (Lipinski definition) is 3. The number of aromatic nitrogens is 4. The number of pyridine rings is 1. The van der Waals surface area contributed by atoms with Crippen LogP contribution >= 0.6 is 0 Å². The molecule has 0 saturated carbocycles. The Labute approximate surface area is 167 Å². The standard InChI is InChI=1S/C16H15FN2O.C7H6N2/c1-2-11-7-8-15(12(17)9-11)20-10-16-18-13-5-3-4-6-14(13)19-16;1-2-6-3-5-9-7(6)8-4-1/h3-9H,2,10H2,1H3,(H,18,19);1-5H,(H,8,9). The quantitative estimate of drug-likeness (QED) is 0.433. The molecule has 0 aliphatic rings. The van der Waals surface area contributed by atoms with Gasteiger partial charge in [-0.3, -0.25) is 0 Å². The summed E-state index contributed by atoms with van der Waals surface area (Å²) in [6.45, 7) is 2.21. The molecule has 2 aromatic carbocycles. The molecule has 0 fully saturated rings. The Morgan fingerprint density at radius 1 is 1.03 bits per heavy atom. The van der Waals surface area contributed by atoms with E-state index in [0.29, 0.717) is 5.82 Å². The Morgan fingerprint density at radius 3 is 2.72 bits per heavy atom. The van der Waals surface area contributed by atoms with Crippen molar-refractivity contribution in [1.82, 2.24) is 19.9 Å². The average Bonchev–Trinajstić information content (AvgIpc) is 3.39. The molecule has 0 spiro atoms. The van der Waals surface area contributed by atoms with E-state index in [9.17, 15) is 4.39 Å². The molecule has 0 atom stereocenters. The number of nitrogens with zero attached hydrogens (tertiary/aromatic N) is 2. The molecule has 5 rings (SSSR count). The molecule has 3 aromatic heterocycles. The van der Waals surface area contributed by atoms with Crippen molar-refractivity contribution in [2.45, 2.75) is 20.0 Å². The van der Waals surface area contributed by atoms with E-state index in [0.717, 1.165) is 34.1 Å². The van der Waals surface area contributed by atoms with Crippen molar-refractivity contribution in [3.8, 4) is 5.75 Å². The topological polar surface area (TPSA) is 66.6 Å². The average molecular weight is 388 g/mol. The number of para-hydroxylation sites is 2. The molecule has 0 amide bonds. The highest BCUT2D eigenvalue weighted by Crippen LogP contribution is 2.20. The number of imidazole rings is 1. The fraction of sp³-hybridized carbons (Fsp3) is 0.130. The van der Waals surface area contributed by atoms with Crippen LogP contribution in [0.2, 0.25) is 0 Å². The van der Waals surface area contributed by atoms with Crippen molar-refractivity contribution in [1.29, 1.82) is 0 Å². The van der Waals surface area contributed by atoms with Gasteiger partial charge < -0.3 is 14.7 Å². The van der Waals surface area contributed by atoms with Crippen LogP contribution in [0, 0.1) is 5.82 Å². The molecule has 6 heteroatoms. The SMILES string of the molecule is CCc1ccc(OCc2nc3ccccc3[nH]2)c(F)c1.c1cnc2[nH]ccc2c1. The van der Waals surface area contributed by atoms with Gasteiger partial charge in [0.05, 0.1) is 11.0 Å². The minimum atomic E-state index is -0.333. The van der Waals surface area contributed by atoms with E-state index < -0.39 is 0 Å². The monoisotopic (exact) mass is 388 g/mol. The van der Waals surface area contributed by atoms with Gasteiger partial charge in [-0.25, -0.2) is 14.4 Å². The second-order valence-electron chi connectivity index (χ2n) is 6.53. The lowest BCUT2D eigenvalue weighted by Gasteiger charge is -2.06. The fourth-order valence-corrected chi connectivity index (χ4v) is 2.98. The van der Waals surface area contributed by atoms with Gasteiger partial charge in [0.15, 0.2) is 11.6 Å². The summed E-state index contributed by atoms with van der Waals surface area (Å²) in [6, 6.07) is 18.7. The number of benzene rings is 2. The van der Waals surface area contributed by atoms with Gasteiger partial charge in [-0.1, -0.05) is 25.1 Å². The summed E-state index contributed by atoms with van der Waals surface area (Å²) < 4.78 is 19.3. The van der Waals surface area contributed by atoms with Gasteiger partial charge in [0.1, 0.15) is 18.1 Å². The van der Waals surface area contributed by atoms with Crippen molar-refractivity contribution < 1.29 is 9.13 Å². The van der Waals surface area contributed by atoms with E-state index in [1.54, 1.807) is 12.3 Å². The molecule has 29 heavy (non-hydrogen) atoms. The van der Waals surface area contributed by atoms with E-state index in [2.05, 4.69) is 19.9 Å². The third-order valence-corrected chi connectivity index (χ3v) is 4.53. The molecule has 0 saturated heterocycles. The van der Waals surface area contributed by atoms with E-state index in [4.69, 9.17) is 4.74 Å². The lowest BCUT2D eigenvalue weighted by atomic mass is 10.1. The van der Waals surface area contributed by atoms with Gasteiger partial charge in [0.25, 0.3) is 0 Å². The number of nitrogens with one attached hydrogen (secondary N) is 2. The van der Waals surface area contributed by atoms with E-state index in [1.807, 2.05) is 61.7 Å². The Hall–Kier alpha value is -3.67. The molecule has 5 aromatic rings. The fourth-order valence-electron chi connectivity index (χ4n) is 2.98. The zero-order valence-electron chi connectivity index (χ0n) is 16.0. The predicted octanol–water partition coefficient (Wildman–Crippen LogP) is 5.41. The Bertz CT molecular complexity index is 1160. The van der Waals surface area contributed by atoms with Gasteiger partial charge in [0.2, 0.25) is 0 Å². The summed E-state index contributed by atoms with van der Waals surface area (Å²) in [5.41, 5.74) is 3.75. The molecule has 0 aliphatic heterocycles. The molecular formula is C23H21FN4O. The Morgan fingerprint density at radius 2 is 1.93 bits per heavy atom. The zero-order chi connectivity index (χ0) is 20.1. The van der Waals surface area contributed by atoms with Gasteiger partial charge >= 0.3 is 0 Å². The van der Waals surface area contributed by atoms with Crippen LogP contribution < -0.4 is 4.74 Å². The zero-order valence-corrected chi connectivity index (χ0v) is 16.0. The van der Waals surface area contributed by atoms with Crippen molar-refractivity contribution in [2.75, 3.05) is 0 Å². The van der Waals surface area contributed by atoms with Crippen LogP contribution in [0.5, 0.6) is 5.75 Å². The third-order valence-electron chi connectivity index (χ3n) is 4.53. The first kappa shape index (κ1) is 18.7. The van der Waals surface area contributed by atoms with Gasteiger partial charge in [-0.15, -0.1) is 0 Å². The first-order valence-electron chi connectivity index (χ1n) is 9.46. The Kier molecular flexibility index (Phi) is 5.52. The summed E-state index contributed by atoms with van der Waals surface area (Å²) >= 11 is 0. The summed E-state index contributed by atoms with van der Waals surface area (Å²) in [5.74, 6) is 0.605. The van der Waals surface area contributed by atoms with Crippen LogP contribution in [-0.4, -0.2) is 19.9 Å². The number of aromatic amines is 2. The highest BCUT2D eigenvalue weighted by molar-refractivity contribution is 5.75. The van der Waals surface area contributed by atoms with Gasteiger partial charge in [0, 0.05) is 17.8 Å². The van der Waals surface area contributed by atoms with E-state index >= 15 is 0 Å². The number of aryl methyl sites for hydroxylation is 1. The smallest absolute Gasteiger partial charge is 0.165 e. The third kappa shape index (κ3) is 4.43. The van der Waals surface area contributed by atoms with Crippen LogP contribution in [0.4, 0.5) is 4.39 Å². The minimum absolute atomic E-state index is 0.219. The summed E-state index contributed by atoms with van der Waals surface area (Å²) in [6.07, 6.45) is 4.47. The highest BCUT2D eigenvalue weighted by Gasteiger charge is 2.07. The highest BCUT2D eigenvalue weighted by atomic mass is 19.1. The molecule has 146 valence electrons. The number of halogens is 1. The van der Waals surface area contributed by atoms with Crippen molar-refractivity contribution >= 4 is 22.1 Å². The lowest BCUT2D eigenvalue weighted by molar-refractivity contribution is 0.282. The molecule has 3 heterocycles. The lowest BCUT2D eigenvalue weighted by Crippen LogP contribution is -1.99. The summed E-state index contributed by atoms with van der Waals surface area (Å²) in [5, 5.41) is 1.16. The summed E-state index contributed by atoms with van der Waals surface area (Å²) in [4.78, 5) is 14.6. The maximum Gasteiger partial charge on any atom is 0.165 e. The van der Waals surface area contributed by atoms with Crippen LogP contribution in [-0.2, 0) is 13.0 Å². The van der Waals surface area contributed by atoms with Crippen LogP contribution in [0.15, 0.2) is 73.1 Å². The largest absolute Gasteiger partial charge is 0.483 e. The molecule has 2 N–H and O–H groups in total. The molecule has 0 radical (unpaired) electrons. The second-order valence-corrected chi connectivity index (χ2v) is 6.53. The number of ether oxygens (including phenoxy) is 1. The van der Waals surface area contributed by atoms with Gasteiger partial charge in [-0.2, -0.15) is 0 Å². The van der Waals surface area contributed by atoms with E-state index in [-0.39, 0.29) is 18.2 Å². The maximum absolute atomic E-state index is 13.8. The first-order chi connectivity index (χ1) is 14.2. The number of rotatable bonds is 4. The molecule has 0 unspecified atom stereocenters. The summed E-state index contributed by atoms with van der Waals surface area (Å²) in [7, 11) is 0. The first-order valence-corrected chi connectivity index (χ1v) is 9.46. The van der Waals surface area contributed by atoms with Crippen LogP contribution in [0.3, 0.4) is 0 Å². The maximum atomic E-state index is 13.8. The van der Waals surface area contributed by atoms with Crippen LogP contribution in [0.1, 0.15) is 18.3 Å². The predicted molar refractivity (Wildman–Crippen MR) is 112 cm³/mol. The number of hydrogen-bond donors (Lipinski definition) is 2. The normalized spacial score (nSPS) is 10.7. The van der Waals surface area contributed by atoms with E-state index in [1.165, 1.54) is 6.07 Å². The van der Waals surface area contributed by atoms with Crippen LogP contribution in [0.25, 0.3) is 22.1 Å². The molecule has 0 aliphatic carbocycles. The molecule has 5 nitrogen and oxygen atoms in total. The molecule has 0 bridgehead atoms. The number of fused-ring (bicyclic) bond motifs is 2. The van der Waals surface area contributed by atoms with Gasteiger partial charge in [-0.05, 0) is 54.4 Å². The van der Waals surface area contributed by atoms with Crippen molar-refractivity contribution in [3.05, 3.63) is 90.3 Å². The second kappa shape index (κ2) is 8.56.